The number of hydrogen-bond donors (Lipinski definition) is 1. The molecule has 3 rings (SSSR count). The molecule has 0 atom stereocenters. The molecule has 0 saturated carbocycles. The molecular weight excluding hydrogens is 358 g/mol. The summed E-state index contributed by atoms with van der Waals surface area (Å²) in [5.74, 6) is 0.273. The lowest BCUT2D eigenvalue weighted by atomic mass is 10.1. The maximum atomic E-state index is 12.5. The Morgan fingerprint density at radius 3 is 2.31 bits per heavy atom. The number of carbonyl (C=O) groups is 1. The standard InChI is InChI=1S/C22H29NOS2/c1-3-5-7-11-18(24)17-15-21(23-16-17)22(14-10-6-4-2)25-19-12-8-9-13-20(19)26-22/h8-9,12-13,15-16,23H,3-7,10-11,14H2,1-2H3. The third-order valence-electron chi connectivity index (χ3n) is 4.93. The number of benzene rings is 1. The first kappa shape index (κ1) is 19.6. The molecule has 140 valence electrons. The lowest BCUT2D eigenvalue weighted by molar-refractivity contribution is 0.0979. The van der Waals surface area contributed by atoms with E-state index in [0.29, 0.717) is 6.42 Å². The number of hydrogen-bond acceptors (Lipinski definition) is 3. The van der Waals surface area contributed by atoms with Gasteiger partial charge < -0.3 is 4.98 Å². The Morgan fingerprint density at radius 2 is 1.65 bits per heavy atom. The van der Waals surface area contributed by atoms with Crippen molar-refractivity contribution in [2.75, 3.05) is 0 Å². The summed E-state index contributed by atoms with van der Waals surface area (Å²) in [6, 6.07) is 10.8. The maximum Gasteiger partial charge on any atom is 0.164 e. The van der Waals surface area contributed by atoms with E-state index in [2.05, 4.69) is 49.2 Å². The predicted molar refractivity (Wildman–Crippen MR) is 113 cm³/mol. The minimum Gasteiger partial charge on any atom is -0.362 e. The summed E-state index contributed by atoms with van der Waals surface area (Å²) in [5.41, 5.74) is 2.04. The molecule has 0 fully saturated rings. The molecular formula is C22H29NOS2. The highest BCUT2D eigenvalue weighted by atomic mass is 32.2. The molecule has 1 aromatic carbocycles. The Morgan fingerprint density at radius 1 is 1.00 bits per heavy atom. The monoisotopic (exact) mass is 387 g/mol. The average Bonchev–Trinajstić information content (AvgIpc) is 3.27. The van der Waals surface area contributed by atoms with Crippen molar-refractivity contribution >= 4 is 29.3 Å². The van der Waals surface area contributed by atoms with Crippen LogP contribution in [0.2, 0.25) is 0 Å². The van der Waals surface area contributed by atoms with Gasteiger partial charge in [-0.25, -0.2) is 0 Å². The first-order valence-electron chi connectivity index (χ1n) is 9.87. The number of unbranched alkanes of at least 4 members (excludes halogenated alkanes) is 4. The van der Waals surface area contributed by atoms with Gasteiger partial charge in [0.05, 0.1) is 0 Å². The normalized spacial score (nSPS) is 15.2. The largest absolute Gasteiger partial charge is 0.362 e. The number of aromatic nitrogens is 1. The fourth-order valence-corrected chi connectivity index (χ4v) is 6.65. The van der Waals surface area contributed by atoms with Gasteiger partial charge in [-0.2, -0.15) is 0 Å². The van der Waals surface area contributed by atoms with Crippen molar-refractivity contribution in [1.82, 2.24) is 4.98 Å². The second kappa shape index (κ2) is 9.18. The number of Topliss-reactive ketones (excluding diaryl/α,β-unsaturated/α-hetero) is 1. The molecule has 0 amide bonds. The van der Waals surface area contributed by atoms with Gasteiger partial charge in [-0.1, -0.05) is 58.1 Å². The highest BCUT2D eigenvalue weighted by Gasteiger charge is 2.41. The number of thioether (sulfide) groups is 2. The van der Waals surface area contributed by atoms with Crippen molar-refractivity contribution < 1.29 is 4.79 Å². The van der Waals surface area contributed by atoms with Gasteiger partial charge in [-0.3, -0.25) is 4.79 Å². The van der Waals surface area contributed by atoms with Gasteiger partial charge in [-0.15, -0.1) is 23.5 Å². The summed E-state index contributed by atoms with van der Waals surface area (Å²) >= 11 is 3.91. The fraction of sp³-hybridized carbons (Fsp3) is 0.500. The number of aromatic amines is 1. The molecule has 2 aromatic rings. The van der Waals surface area contributed by atoms with Crippen molar-refractivity contribution in [3.8, 4) is 0 Å². The summed E-state index contributed by atoms with van der Waals surface area (Å²) in [7, 11) is 0. The zero-order chi connectivity index (χ0) is 18.4. The summed E-state index contributed by atoms with van der Waals surface area (Å²) in [5, 5.41) is 0. The molecule has 26 heavy (non-hydrogen) atoms. The summed E-state index contributed by atoms with van der Waals surface area (Å²) in [6.45, 7) is 4.42. The van der Waals surface area contributed by atoms with Gasteiger partial charge in [0.25, 0.3) is 0 Å². The Kier molecular flexibility index (Phi) is 6.93. The number of ketones is 1. The second-order valence-corrected chi connectivity index (χ2v) is 9.98. The van der Waals surface area contributed by atoms with Gasteiger partial charge in [-0.05, 0) is 31.0 Å². The third kappa shape index (κ3) is 4.40. The van der Waals surface area contributed by atoms with E-state index < -0.39 is 0 Å². The van der Waals surface area contributed by atoms with Crippen molar-refractivity contribution in [3.05, 3.63) is 47.8 Å². The highest BCUT2D eigenvalue weighted by Crippen LogP contribution is 2.63. The van der Waals surface area contributed by atoms with E-state index in [4.69, 9.17) is 0 Å². The highest BCUT2D eigenvalue weighted by molar-refractivity contribution is 8.20. The van der Waals surface area contributed by atoms with E-state index in [1.54, 1.807) is 0 Å². The Labute approximate surface area is 165 Å². The molecule has 2 nitrogen and oxygen atoms in total. The van der Waals surface area contributed by atoms with Gasteiger partial charge >= 0.3 is 0 Å². The average molecular weight is 388 g/mol. The lowest BCUT2D eigenvalue weighted by Gasteiger charge is -2.26. The van der Waals surface area contributed by atoms with Gasteiger partial charge in [0.15, 0.2) is 5.78 Å². The third-order valence-corrected chi connectivity index (χ3v) is 8.22. The van der Waals surface area contributed by atoms with E-state index in [1.807, 2.05) is 29.7 Å². The second-order valence-electron chi connectivity index (χ2n) is 7.04. The van der Waals surface area contributed by atoms with Crippen LogP contribution in [0.1, 0.15) is 81.3 Å². The van der Waals surface area contributed by atoms with Crippen molar-refractivity contribution in [2.45, 2.75) is 79.1 Å². The molecule has 0 unspecified atom stereocenters. The molecule has 1 N–H and O–H groups in total. The van der Waals surface area contributed by atoms with Crippen LogP contribution in [0.3, 0.4) is 0 Å². The number of rotatable bonds is 10. The quantitative estimate of drug-likeness (QED) is 0.340. The van der Waals surface area contributed by atoms with Crippen LogP contribution in [0.15, 0.2) is 46.3 Å². The summed E-state index contributed by atoms with van der Waals surface area (Å²) < 4.78 is -0.0270. The molecule has 0 saturated heterocycles. The zero-order valence-corrected chi connectivity index (χ0v) is 17.5. The summed E-state index contributed by atoms with van der Waals surface area (Å²) in [6.07, 6.45) is 10.7. The van der Waals surface area contributed by atoms with Crippen LogP contribution in [-0.4, -0.2) is 10.8 Å². The molecule has 2 heterocycles. The smallest absolute Gasteiger partial charge is 0.164 e. The zero-order valence-electron chi connectivity index (χ0n) is 15.8. The molecule has 1 aliphatic heterocycles. The minimum atomic E-state index is -0.0270. The molecule has 4 heteroatoms. The van der Waals surface area contributed by atoms with Crippen molar-refractivity contribution in [3.63, 3.8) is 0 Å². The van der Waals surface area contributed by atoms with Crippen LogP contribution in [-0.2, 0) is 4.08 Å². The van der Waals surface area contributed by atoms with E-state index in [9.17, 15) is 4.79 Å². The lowest BCUT2D eigenvalue weighted by Crippen LogP contribution is -2.15. The maximum absolute atomic E-state index is 12.5. The van der Waals surface area contributed by atoms with Crippen LogP contribution in [0.4, 0.5) is 0 Å². The van der Waals surface area contributed by atoms with E-state index in [-0.39, 0.29) is 9.86 Å². The number of fused-ring (bicyclic) bond motifs is 1. The minimum absolute atomic E-state index is 0.0270. The van der Waals surface area contributed by atoms with E-state index in [0.717, 1.165) is 31.2 Å². The molecule has 0 radical (unpaired) electrons. The predicted octanol–water partition coefficient (Wildman–Crippen LogP) is 7.41. The summed E-state index contributed by atoms with van der Waals surface area (Å²) in [4.78, 5) is 18.7. The van der Waals surface area contributed by atoms with Crippen molar-refractivity contribution in [2.24, 2.45) is 0 Å². The first-order valence-corrected chi connectivity index (χ1v) is 11.5. The topological polar surface area (TPSA) is 32.9 Å². The SMILES string of the molecule is CCCCCC(=O)c1c[nH]c(C2(CCCCC)Sc3ccccc3S2)c1. The van der Waals surface area contributed by atoms with Gasteiger partial charge in [0.2, 0.25) is 0 Å². The number of nitrogens with one attached hydrogen (secondary N) is 1. The Bertz CT molecular complexity index is 712. The first-order chi connectivity index (χ1) is 12.7. The molecule has 0 aliphatic carbocycles. The van der Waals surface area contributed by atoms with E-state index >= 15 is 0 Å². The molecule has 0 bridgehead atoms. The van der Waals surface area contributed by atoms with E-state index in [1.165, 1.54) is 34.7 Å². The van der Waals surface area contributed by atoms with Crippen LogP contribution in [0.5, 0.6) is 0 Å². The Hall–Kier alpha value is -1.13. The van der Waals surface area contributed by atoms with Crippen molar-refractivity contribution in [1.29, 1.82) is 0 Å². The van der Waals surface area contributed by atoms with Gasteiger partial charge in [0, 0.05) is 33.7 Å². The van der Waals surface area contributed by atoms with Crippen LogP contribution < -0.4 is 0 Å². The van der Waals surface area contributed by atoms with Crippen LogP contribution in [0.25, 0.3) is 0 Å². The van der Waals surface area contributed by atoms with Crippen LogP contribution in [0, 0.1) is 0 Å². The molecule has 0 spiro atoms. The van der Waals surface area contributed by atoms with Gasteiger partial charge in [0.1, 0.15) is 4.08 Å². The van der Waals surface area contributed by atoms with Crippen LogP contribution >= 0.6 is 23.5 Å². The number of H-pyrrole nitrogens is 1. The fourth-order valence-electron chi connectivity index (χ4n) is 3.40. The Balaban J connectivity index is 1.79. The number of carbonyl (C=O) groups excluding carboxylic acids is 1. The molecule has 1 aromatic heterocycles. The molecule has 1 aliphatic rings.